The number of para-hydroxylation sites is 1. The van der Waals surface area contributed by atoms with E-state index in [1.54, 1.807) is 11.3 Å². The predicted octanol–water partition coefficient (Wildman–Crippen LogP) is 5.84. The molecule has 0 radical (unpaired) electrons. The van der Waals surface area contributed by atoms with Gasteiger partial charge in [-0.1, -0.05) is 31.2 Å². The van der Waals surface area contributed by atoms with E-state index in [0.29, 0.717) is 4.88 Å². The number of carbonyl (C=O) groups is 1. The fourth-order valence-corrected chi connectivity index (χ4v) is 4.49. The van der Waals surface area contributed by atoms with Crippen LogP contribution in [0.3, 0.4) is 0 Å². The number of amides is 1. The van der Waals surface area contributed by atoms with Crippen LogP contribution in [0.2, 0.25) is 0 Å². The smallest absolute Gasteiger partial charge is 0.265 e. The third kappa shape index (κ3) is 3.34. The van der Waals surface area contributed by atoms with Gasteiger partial charge in [-0.15, -0.1) is 22.7 Å². The van der Waals surface area contributed by atoms with E-state index < -0.39 is 0 Å². The highest BCUT2D eigenvalue weighted by Gasteiger charge is 2.13. The van der Waals surface area contributed by atoms with Crippen molar-refractivity contribution in [1.29, 1.82) is 0 Å². The summed E-state index contributed by atoms with van der Waals surface area (Å²) in [5.74, 6) is -0.0818. The maximum absolute atomic E-state index is 12.5. The number of nitrogens with one attached hydrogen (secondary N) is 1. The van der Waals surface area contributed by atoms with Crippen molar-refractivity contribution in [3.63, 3.8) is 0 Å². The summed E-state index contributed by atoms with van der Waals surface area (Å²) in [5, 5.41) is 3.91. The Morgan fingerprint density at radius 3 is 2.56 bits per heavy atom. The first-order chi connectivity index (χ1) is 12.2. The highest BCUT2D eigenvalue weighted by atomic mass is 32.1. The van der Waals surface area contributed by atoms with Crippen molar-refractivity contribution in [2.24, 2.45) is 0 Å². The maximum atomic E-state index is 12.5. The standard InChI is InChI=1S/C20H16N2OS2/c1-2-13-7-9-14(10-8-13)21-19(23)17-11-12-18(24-17)20-22-15-5-3-4-6-16(15)25-20/h3-12H,2H2,1H3,(H,21,23). The van der Waals surface area contributed by atoms with Gasteiger partial charge in [-0.3, -0.25) is 4.79 Å². The summed E-state index contributed by atoms with van der Waals surface area (Å²) in [6.07, 6.45) is 0.991. The number of fused-ring (bicyclic) bond motifs is 1. The van der Waals surface area contributed by atoms with Crippen LogP contribution in [0.25, 0.3) is 20.1 Å². The van der Waals surface area contributed by atoms with Gasteiger partial charge in [0.2, 0.25) is 0 Å². The van der Waals surface area contributed by atoms with Gasteiger partial charge in [0.25, 0.3) is 5.91 Å². The Labute approximate surface area is 154 Å². The monoisotopic (exact) mass is 364 g/mol. The van der Waals surface area contributed by atoms with Crippen LogP contribution < -0.4 is 5.32 Å². The highest BCUT2D eigenvalue weighted by Crippen LogP contribution is 2.34. The first kappa shape index (κ1) is 16.0. The lowest BCUT2D eigenvalue weighted by atomic mass is 10.1. The normalized spacial score (nSPS) is 10.9. The zero-order chi connectivity index (χ0) is 17.2. The van der Waals surface area contributed by atoms with Crippen molar-refractivity contribution in [1.82, 2.24) is 4.98 Å². The molecule has 25 heavy (non-hydrogen) atoms. The van der Waals surface area contributed by atoms with Gasteiger partial charge in [0.1, 0.15) is 5.01 Å². The Morgan fingerprint density at radius 1 is 1.00 bits per heavy atom. The van der Waals surface area contributed by atoms with Crippen LogP contribution in [0.5, 0.6) is 0 Å². The molecule has 5 heteroatoms. The Hall–Kier alpha value is -2.50. The third-order valence-electron chi connectivity index (χ3n) is 3.95. The third-order valence-corrected chi connectivity index (χ3v) is 6.24. The van der Waals surface area contributed by atoms with Crippen LogP contribution >= 0.6 is 22.7 Å². The molecule has 0 atom stereocenters. The lowest BCUT2D eigenvalue weighted by molar-refractivity contribution is 0.103. The predicted molar refractivity (Wildman–Crippen MR) is 107 cm³/mol. The molecule has 4 rings (SSSR count). The van der Waals surface area contributed by atoms with Crippen LogP contribution in [0, 0.1) is 0 Å². The van der Waals surface area contributed by atoms with Crippen LogP contribution in [-0.2, 0) is 6.42 Å². The van der Waals surface area contributed by atoms with Crippen molar-refractivity contribution >= 4 is 44.5 Å². The minimum absolute atomic E-state index is 0.0818. The molecule has 0 saturated carbocycles. The lowest BCUT2D eigenvalue weighted by Gasteiger charge is -2.04. The molecule has 0 fully saturated rings. The van der Waals surface area contributed by atoms with Crippen LogP contribution in [0.4, 0.5) is 5.69 Å². The van der Waals surface area contributed by atoms with Crippen molar-refractivity contribution in [3.05, 3.63) is 71.1 Å². The number of carbonyl (C=O) groups excluding carboxylic acids is 1. The summed E-state index contributed by atoms with van der Waals surface area (Å²) in [6, 6.07) is 19.9. The molecule has 0 bridgehead atoms. The number of rotatable bonds is 4. The van der Waals surface area contributed by atoms with Crippen molar-refractivity contribution < 1.29 is 4.79 Å². The number of anilines is 1. The summed E-state index contributed by atoms with van der Waals surface area (Å²) >= 11 is 3.12. The van der Waals surface area contributed by atoms with Crippen molar-refractivity contribution in [2.75, 3.05) is 5.32 Å². The molecule has 2 aromatic heterocycles. The second kappa shape index (κ2) is 6.78. The summed E-state index contributed by atoms with van der Waals surface area (Å²) < 4.78 is 1.16. The molecule has 2 aromatic carbocycles. The highest BCUT2D eigenvalue weighted by molar-refractivity contribution is 7.26. The Balaban J connectivity index is 1.54. The van der Waals surface area contributed by atoms with E-state index >= 15 is 0 Å². The van der Waals surface area contributed by atoms with E-state index in [1.807, 2.05) is 54.6 Å². The minimum atomic E-state index is -0.0818. The van der Waals surface area contributed by atoms with E-state index in [2.05, 4.69) is 23.3 Å². The molecular weight excluding hydrogens is 348 g/mol. The number of thiophene rings is 1. The van der Waals surface area contributed by atoms with E-state index in [-0.39, 0.29) is 5.91 Å². The summed E-state index contributed by atoms with van der Waals surface area (Å²) in [7, 11) is 0. The average molecular weight is 364 g/mol. The van der Waals surface area contributed by atoms with Gasteiger partial charge >= 0.3 is 0 Å². The number of thiazole rings is 1. The molecule has 0 aliphatic heterocycles. The SMILES string of the molecule is CCc1ccc(NC(=O)c2ccc(-c3nc4ccccc4s3)s2)cc1. The van der Waals surface area contributed by atoms with Gasteiger partial charge in [-0.05, 0) is 48.4 Å². The van der Waals surface area contributed by atoms with Crippen molar-refractivity contribution in [3.8, 4) is 9.88 Å². The van der Waals surface area contributed by atoms with Crippen LogP contribution in [-0.4, -0.2) is 10.9 Å². The molecule has 3 nitrogen and oxygen atoms in total. The number of aromatic nitrogens is 1. The quantitative estimate of drug-likeness (QED) is 0.494. The lowest BCUT2D eigenvalue weighted by Crippen LogP contribution is -2.09. The van der Waals surface area contributed by atoms with E-state index in [9.17, 15) is 4.79 Å². The van der Waals surface area contributed by atoms with Gasteiger partial charge < -0.3 is 5.32 Å². The maximum Gasteiger partial charge on any atom is 0.265 e. The van der Waals surface area contributed by atoms with Crippen LogP contribution in [0.1, 0.15) is 22.2 Å². The average Bonchev–Trinajstić information content (AvgIpc) is 3.29. The number of nitrogens with zero attached hydrogens (tertiary/aromatic N) is 1. The molecule has 0 aliphatic rings. The van der Waals surface area contributed by atoms with Crippen molar-refractivity contribution in [2.45, 2.75) is 13.3 Å². The van der Waals surface area contributed by atoms with Gasteiger partial charge in [-0.2, -0.15) is 0 Å². The Bertz CT molecular complexity index is 998. The number of aryl methyl sites for hydroxylation is 1. The second-order valence-electron chi connectivity index (χ2n) is 5.66. The summed E-state index contributed by atoms with van der Waals surface area (Å²) in [6.45, 7) is 2.11. The Kier molecular flexibility index (Phi) is 4.34. The topological polar surface area (TPSA) is 42.0 Å². The number of hydrogen-bond acceptors (Lipinski definition) is 4. The van der Waals surface area contributed by atoms with Gasteiger partial charge in [0.15, 0.2) is 0 Å². The summed E-state index contributed by atoms with van der Waals surface area (Å²) in [4.78, 5) is 18.8. The molecule has 0 saturated heterocycles. The first-order valence-electron chi connectivity index (χ1n) is 8.09. The molecule has 0 spiro atoms. The van der Waals surface area contributed by atoms with Crippen LogP contribution in [0.15, 0.2) is 60.7 Å². The molecule has 124 valence electrons. The zero-order valence-corrected chi connectivity index (χ0v) is 15.3. The molecule has 4 aromatic rings. The fourth-order valence-electron chi connectivity index (χ4n) is 2.57. The van der Waals surface area contributed by atoms with Gasteiger partial charge in [0, 0.05) is 5.69 Å². The number of benzene rings is 2. The molecule has 0 aliphatic carbocycles. The summed E-state index contributed by atoms with van der Waals surface area (Å²) in [5.41, 5.74) is 3.07. The molecule has 2 heterocycles. The van der Waals surface area contributed by atoms with Gasteiger partial charge in [-0.25, -0.2) is 4.98 Å². The largest absolute Gasteiger partial charge is 0.321 e. The minimum Gasteiger partial charge on any atom is -0.321 e. The number of hydrogen-bond donors (Lipinski definition) is 1. The first-order valence-corrected chi connectivity index (χ1v) is 9.72. The van der Waals surface area contributed by atoms with Gasteiger partial charge in [0.05, 0.1) is 20.0 Å². The molecule has 1 amide bonds. The van der Waals surface area contributed by atoms with E-state index in [0.717, 1.165) is 32.2 Å². The van der Waals surface area contributed by atoms with E-state index in [4.69, 9.17) is 0 Å². The molecule has 0 unspecified atom stereocenters. The van der Waals surface area contributed by atoms with E-state index in [1.165, 1.54) is 16.9 Å². The Morgan fingerprint density at radius 2 is 1.80 bits per heavy atom. The zero-order valence-electron chi connectivity index (χ0n) is 13.7. The molecule has 1 N–H and O–H groups in total. The fraction of sp³-hybridized carbons (Fsp3) is 0.100. The molecular formula is C20H16N2OS2. The second-order valence-corrected chi connectivity index (χ2v) is 7.77.